The maximum Gasteiger partial charge on any atom is 0.384 e. The van der Waals surface area contributed by atoms with Gasteiger partial charge in [0.1, 0.15) is 5.82 Å². The van der Waals surface area contributed by atoms with Crippen molar-refractivity contribution in [1.29, 1.82) is 0 Å². The lowest BCUT2D eigenvalue weighted by molar-refractivity contribution is -0.136. The van der Waals surface area contributed by atoms with Crippen molar-refractivity contribution >= 4 is 5.97 Å². The number of hydrogen-bond acceptors (Lipinski definition) is 2. The van der Waals surface area contributed by atoms with Gasteiger partial charge in [-0.15, -0.1) is 0 Å². The molecule has 3 heteroatoms. The van der Waals surface area contributed by atoms with E-state index in [1.165, 1.54) is 24.3 Å². The Morgan fingerprint density at radius 1 is 1.43 bits per heavy atom. The third kappa shape index (κ3) is 3.28. The molecular weight excluding hydrogens is 183 g/mol. The number of carbonyl (C=O) groups excluding carboxylic acids is 1. The molecule has 0 saturated heterocycles. The minimum absolute atomic E-state index is 0.303. The highest BCUT2D eigenvalue weighted by molar-refractivity contribution is 5.89. The van der Waals surface area contributed by atoms with Crippen molar-refractivity contribution in [3.05, 3.63) is 35.6 Å². The largest absolute Gasteiger partial charge is 0.456 e. The number of halogens is 1. The molecule has 0 aromatic heterocycles. The Morgan fingerprint density at radius 3 is 2.64 bits per heavy atom. The first-order chi connectivity index (χ1) is 6.72. The molecule has 0 amide bonds. The number of hydrogen-bond donors (Lipinski definition) is 0. The van der Waals surface area contributed by atoms with Crippen molar-refractivity contribution < 1.29 is 13.9 Å². The maximum absolute atomic E-state index is 12.5. The molecule has 1 rings (SSSR count). The number of esters is 1. The summed E-state index contributed by atoms with van der Waals surface area (Å²) < 4.78 is 17.1. The van der Waals surface area contributed by atoms with E-state index in [4.69, 9.17) is 0 Å². The molecular formula is C11H9FO2. The van der Waals surface area contributed by atoms with Gasteiger partial charge in [-0.2, -0.15) is 0 Å². The van der Waals surface area contributed by atoms with Gasteiger partial charge in [-0.1, -0.05) is 5.92 Å². The monoisotopic (exact) mass is 192 g/mol. The Hall–Kier alpha value is -1.82. The van der Waals surface area contributed by atoms with Crippen molar-refractivity contribution in [2.75, 3.05) is 6.61 Å². The van der Waals surface area contributed by atoms with Crippen molar-refractivity contribution in [1.82, 2.24) is 0 Å². The van der Waals surface area contributed by atoms with Crippen LogP contribution in [0.15, 0.2) is 24.3 Å². The van der Waals surface area contributed by atoms with Crippen LogP contribution >= 0.6 is 0 Å². The lowest BCUT2D eigenvalue weighted by Crippen LogP contribution is -1.99. The summed E-state index contributed by atoms with van der Waals surface area (Å²) in [5.41, 5.74) is 0.583. The van der Waals surface area contributed by atoms with Gasteiger partial charge in [0.15, 0.2) is 0 Å². The molecule has 0 atom stereocenters. The summed E-state index contributed by atoms with van der Waals surface area (Å²) in [6.07, 6.45) is 0. The van der Waals surface area contributed by atoms with E-state index in [-0.39, 0.29) is 5.82 Å². The molecule has 1 aromatic carbocycles. The van der Waals surface area contributed by atoms with Crippen LogP contribution < -0.4 is 0 Å². The summed E-state index contributed by atoms with van der Waals surface area (Å²) in [4.78, 5) is 10.8. The molecule has 0 bridgehead atoms. The molecule has 0 saturated carbocycles. The first-order valence-corrected chi connectivity index (χ1v) is 4.16. The fraction of sp³-hybridized carbons (Fsp3) is 0.182. The van der Waals surface area contributed by atoms with E-state index in [1.54, 1.807) is 6.92 Å². The van der Waals surface area contributed by atoms with Gasteiger partial charge in [-0.25, -0.2) is 9.18 Å². The van der Waals surface area contributed by atoms with Crippen LogP contribution in [0.2, 0.25) is 0 Å². The summed E-state index contributed by atoms with van der Waals surface area (Å²) in [6.45, 7) is 2.01. The fourth-order valence-corrected chi connectivity index (χ4v) is 0.824. The molecule has 2 nitrogen and oxygen atoms in total. The highest BCUT2D eigenvalue weighted by Crippen LogP contribution is 2.00. The predicted molar refractivity (Wildman–Crippen MR) is 49.9 cm³/mol. The highest BCUT2D eigenvalue weighted by Gasteiger charge is 1.93. The van der Waals surface area contributed by atoms with E-state index < -0.39 is 5.97 Å². The first-order valence-electron chi connectivity index (χ1n) is 4.16. The van der Waals surface area contributed by atoms with Crippen LogP contribution in [0.3, 0.4) is 0 Å². The lowest BCUT2D eigenvalue weighted by atomic mass is 10.2. The molecule has 0 aliphatic heterocycles. The van der Waals surface area contributed by atoms with E-state index in [1.807, 2.05) is 0 Å². The molecule has 72 valence electrons. The quantitative estimate of drug-likeness (QED) is 0.500. The van der Waals surface area contributed by atoms with Crippen LogP contribution in [0, 0.1) is 17.7 Å². The number of ether oxygens (including phenoxy) is 1. The molecule has 0 radical (unpaired) electrons. The molecule has 0 spiro atoms. The van der Waals surface area contributed by atoms with Crippen LogP contribution in [0.1, 0.15) is 12.5 Å². The summed E-state index contributed by atoms with van der Waals surface area (Å²) in [7, 11) is 0. The normalized spacial score (nSPS) is 8.71. The van der Waals surface area contributed by atoms with E-state index in [2.05, 4.69) is 16.6 Å². The second-order valence-corrected chi connectivity index (χ2v) is 2.48. The lowest BCUT2D eigenvalue weighted by Gasteiger charge is -1.91. The summed E-state index contributed by atoms with van der Waals surface area (Å²) >= 11 is 0. The van der Waals surface area contributed by atoms with E-state index in [9.17, 15) is 9.18 Å². The number of carbonyl (C=O) groups is 1. The molecule has 14 heavy (non-hydrogen) atoms. The van der Waals surface area contributed by atoms with Crippen LogP contribution in [0.4, 0.5) is 4.39 Å². The SMILES string of the molecule is CCOC(=O)C#Cc1ccc(F)cc1. The Morgan fingerprint density at radius 2 is 2.07 bits per heavy atom. The van der Waals surface area contributed by atoms with Gasteiger partial charge in [0.2, 0.25) is 0 Å². The second kappa shape index (κ2) is 5.03. The van der Waals surface area contributed by atoms with Crippen LogP contribution in [0.5, 0.6) is 0 Å². The average molecular weight is 192 g/mol. The number of benzene rings is 1. The molecule has 0 fully saturated rings. The Kier molecular flexibility index (Phi) is 3.69. The summed E-state index contributed by atoms with van der Waals surface area (Å²) in [5.74, 6) is 3.95. The maximum atomic E-state index is 12.5. The zero-order valence-corrected chi connectivity index (χ0v) is 7.71. The van der Waals surface area contributed by atoms with E-state index in [0.29, 0.717) is 12.2 Å². The van der Waals surface area contributed by atoms with E-state index >= 15 is 0 Å². The topological polar surface area (TPSA) is 26.3 Å². The van der Waals surface area contributed by atoms with Crippen molar-refractivity contribution in [2.24, 2.45) is 0 Å². The van der Waals surface area contributed by atoms with Gasteiger partial charge in [-0.05, 0) is 31.2 Å². The van der Waals surface area contributed by atoms with Crippen LogP contribution in [0.25, 0.3) is 0 Å². The zero-order chi connectivity index (χ0) is 10.4. The van der Waals surface area contributed by atoms with Crippen molar-refractivity contribution in [3.63, 3.8) is 0 Å². The van der Waals surface area contributed by atoms with Crippen molar-refractivity contribution in [2.45, 2.75) is 6.92 Å². The van der Waals surface area contributed by atoms with Crippen LogP contribution in [-0.2, 0) is 9.53 Å². The van der Waals surface area contributed by atoms with Gasteiger partial charge in [0, 0.05) is 11.5 Å². The Balaban J connectivity index is 2.68. The second-order valence-electron chi connectivity index (χ2n) is 2.48. The zero-order valence-electron chi connectivity index (χ0n) is 7.71. The third-order valence-corrected chi connectivity index (χ3v) is 1.43. The predicted octanol–water partition coefficient (Wildman–Crippen LogP) is 1.74. The third-order valence-electron chi connectivity index (χ3n) is 1.43. The van der Waals surface area contributed by atoms with Crippen molar-refractivity contribution in [3.8, 4) is 11.8 Å². The molecule has 0 aliphatic rings. The minimum Gasteiger partial charge on any atom is -0.456 e. The smallest absolute Gasteiger partial charge is 0.384 e. The Labute approximate surface area is 81.7 Å². The summed E-state index contributed by atoms with van der Waals surface area (Å²) in [5, 5.41) is 0. The Bertz CT molecular complexity index is 371. The molecule has 0 heterocycles. The highest BCUT2D eigenvalue weighted by atomic mass is 19.1. The molecule has 0 N–H and O–H groups in total. The van der Waals surface area contributed by atoms with E-state index in [0.717, 1.165) is 0 Å². The van der Waals surface area contributed by atoms with Gasteiger partial charge in [0.05, 0.1) is 6.61 Å². The summed E-state index contributed by atoms with van der Waals surface area (Å²) in [6, 6.07) is 5.58. The fourth-order valence-electron chi connectivity index (χ4n) is 0.824. The standard InChI is InChI=1S/C11H9FO2/c1-2-14-11(13)8-5-9-3-6-10(12)7-4-9/h3-4,6-7H,2H2,1H3. The first kappa shape index (κ1) is 10.3. The van der Waals surface area contributed by atoms with Gasteiger partial charge >= 0.3 is 5.97 Å². The molecule has 1 aromatic rings. The minimum atomic E-state index is -0.572. The molecule has 0 unspecified atom stereocenters. The van der Waals surface area contributed by atoms with Gasteiger partial charge in [0.25, 0.3) is 0 Å². The van der Waals surface area contributed by atoms with Gasteiger partial charge in [-0.3, -0.25) is 0 Å². The van der Waals surface area contributed by atoms with Gasteiger partial charge < -0.3 is 4.74 Å². The average Bonchev–Trinajstić information content (AvgIpc) is 2.17. The molecule has 0 aliphatic carbocycles. The van der Waals surface area contributed by atoms with Crippen LogP contribution in [-0.4, -0.2) is 12.6 Å². The number of rotatable bonds is 1.